The van der Waals surface area contributed by atoms with E-state index in [1.807, 2.05) is 43.5 Å². The van der Waals surface area contributed by atoms with E-state index in [-0.39, 0.29) is 5.75 Å². The molecule has 2 aromatic heterocycles. The molecule has 0 aliphatic carbocycles. The summed E-state index contributed by atoms with van der Waals surface area (Å²) >= 11 is 1.10. The number of para-hydroxylation sites is 2. The summed E-state index contributed by atoms with van der Waals surface area (Å²) in [6.07, 6.45) is 1.86. The fourth-order valence-corrected chi connectivity index (χ4v) is 3.01. The van der Waals surface area contributed by atoms with Crippen molar-refractivity contribution in [2.24, 2.45) is 0 Å². The van der Waals surface area contributed by atoms with Gasteiger partial charge >= 0.3 is 5.97 Å². The molecule has 0 fully saturated rings. The van der Waals surface area contributed by atoms with Crippen LogP contribution in [0.4, 0.5) is 0 Å². The van der Waals surface area contributed by atoms with E-state index in [1.54, 1.807) is 16.4 Å². The number of carbonyl (C=O) groups is 1. The molecule has 0 radical (unpaired) electrons. The van der Waals surface area contributed by atoms with Gasteiger partial charge in [-0.05, 0) is 25.1 Å². The number of carboxylic acid groups (broad SMARTS) is 1. The van der Waals surface area contributed by atoms with Crippen molar-refractivity contribution >= 4 is 17.7 Å². The number of hydrogen-bond acceptors (Lipinski definition) is 6. The van der Waals surface area contributed by atoms with Crippen LogP contribution in [0.5, 0.6) is 5.75 Å². The normalized spacial score (nSPS) is 10.8. The van der Waals surface area contributed by atoms with Crippen LogP contribution >= 0.6 is 11.8 Å². The number of hydrogen-bond donors (Lipinski definition) is 1. The molecule has 0 saturated carbocycles. The number of thioether (sulfide) groups is 1. The lowest BCUT2D eigenvalue weighted by Crippen LogP contribution is -2.05. The molecule has 0 aliphatic rings. The summed E-state index contributed by atoms with van der Waals surface area (Å²) in [4.78, 5) is 10.9. The van der Waals surface area contributed by atoms with Crippen molar-refractivity contribution in [1.82, 2.24) is 24.5 Å². The highest BCUT2D eigenvalue weighted by Gasteiger charge is 2.21. The Morgan fingerprint density at radius 1 is 1.28 bits per heavy atom. The van der Waals surface area contributed by atoms with Crippen LogP contribution in [0, 0.1) is 0 Å². The number of methoxy groups -OCH3 is 1. The van der Waals surface area contributed by atoms with Crippen molar-refractivity contribution in [3.63, 3.8) is 0 Å². The molecule has 3 aromatic rings. The van der Waals surface area contributed by atoms with Crippen LogP contribution in [-0.4, -0.2) is 48.5 Å². The van der Waals surface area contributed by atoms with E-state index >= 15 is 0 Å². The first-order valence-corrected chi connectivity index (χ1v) is 8.59. The lowest BCUT2D eigenvalue weighted by Gasteiger charge is -2.12. The molecule has 0 bridgehead atoms. The maximum atomic E-state index is 10.9. The Balaban J connectivity index is 2.14. The van der Waals surface area contributed by atoms with Crippen molar-refractivity contribution in [3.8, 4) is 23.0 Å². The fourth-order valence-electron chi connectivity index (χ4n) is 2.34. The first-order valence-electron chi connectivity index (χ1n) is 7.61. The number of nitrogens with zero attached hydrogens (tertiary/aromatic N) is 5. The molecule has 0 saturated heterocycles. The van der Waals surface area contributed by atoms with Crippen molar-refractivity contribution in [1.29, 1.82) is 0 Å². The highest BCUT2D eigenvalue weighted by molar-refractivity contribution is 7.99. The van der Waals surface area contributed by atoms with Crippen LogP contribution in [0.25, 0.3) is 17.2 Å². The molecular weight excluding hydrogens is 342 g/mol. The van der Waals surface area contributed by atoms with E-state index in [0.29, 0.717) is 22.4 Å². The predicted octanol–water partition coefficient (Wildman–Crippen LogP) is 2.34. The standard InChI is InChI=1S/C16H17N5O3S/c1-3-20-9-8-11(19-20)15-17-18-16(25-10-14(22)23)21(15)12-6-4-5-7-13(12)24-2/h4-9H,3,10H2,1-2H3,(H,22,23). The average Bonchev–Trinajstić information content (AvgIpc) is 3.26. The summed E-state index contributed by atoms with van der Waals surface area (Å²) in [7, 11) is 1.58. The molecule has 2 heterocycles. The zero-order valence-corrected chi connectivity index (χ0v) is 14.6. The minimum Gasteiger partial charge on any atom is -0.495 e. The Morgan fingerprint density at radius 3 is 2.76 bits per heavy atom. The summed E-state index contributed by atoms with van der Waals surface area (Å²) < 4.78 is 9.00. The van der Waals surface area contributed by atoms with Gasteiger partial charge in [0.2, 0.25) is 0 Å². The summed E-state index contributed by atoms with van der Waals surface area (Å²) in [6, 6.07) is 9.29. The third kappa shape index (κ3) is 3.50. The van der Waals surface area contributed by atoms with Crippen LogP contribution in [-0.2, 0) is 11.3 Å². The van der Waals surface area contributed by atoms with E-state index in [2.05, 4.69) is 15.3 Å². The van der Waals surface area contributed by atoms with Crippen LogP contribution < -0.4 is 4.74 Å². The van der Waals surface area contributed by atoms with Gasteiger partial charge in [-0.25, -0.2) is 0 Å². The van der Waals surface area contributed by atoms with Crippen LogP contribution in [0.2, 0.25) is 0 Å². The van der Waals surface area contributed by atoms with E-state index in [0.717, 1.165) is 24.0 Å². The maximum absolute atomic E-state index is 10.9. The first-order chi connectivity index (χ1) is 12.1. The van der Waals surface area contributed by atoms with Crippen molar-refractivity contribution in [3.05, 3.63) is 36.5 Å². The highest BCUT2D eigenvalue weighted by atomic mass is 32.2. The Bertz CT molecular complexity index is 890. The van der Waals surface area contributed by atoms with E-state index in [1.165, 1.54) is 0 Å². The Morgan fingerprint density at radius 2 is 2.08 bits per heavy atom. The Kier molecular flexibility index (Phi) is 5.03. The molecule has 0 atom stereocenters. The predicted molar refractivity (Wildman–Crippen MR) is 93.2 cm³/mol. The molecule has 130 valence electrons. The van der Waals surface area contributed by atoms with Gasteiger partial charge in [0.15, 0.2) is 11.0 Å². The average molecular weight is 359 g/mol. The van der Waals surface area contributed by atoms with Gasteiger partial charge in [0.05, 0.1) is 18.6 Å². The van der Waals surface area contributed by atoms with E-state index in [4.69, 9.17) is 9.84 Å². The van der Waals surface area contributed by atoms with Gasteiger partial charge in [0, 0.05) is 12.7 Å². The molecule has 1 N–H and O–H groups in total. The minimum atomic E-state index is -0.920. The molecule has 0 aliphatic heterocycles. The quantitative estimate of drug-likeness (QED) is 0.647. The number of aliphatic carboxylic acids is 1. The third-order valence-electron chi connectivity index (χ3n) is 3.48. The lowest BCUT2D eigenvalue weighted by atomic mass is 10.3. The summed E-state index contributed by atoms with van der Waals surface area (Å²) in [5, 5.41) is 22.3. The molecule has 1 aromatic carbocycles. The van der Waals surface area contributed by atoms with Crippen LogP contribution in [0.1, 0.15) is 6.92 Å². The highest BCUT2D eigenvalue weighted by Crippen LogP contribution is 2.31. The van der Waals surface area contributed by atoms with Crippen LogP contribution in [0.3, 0.4) is 0 Å². The molecule has 3 rings (SSSR count). The summed E-state index contributed by atoms with van der Waals surface area (Å²) in [5.41, 5.74) is 1.38. The smallest absolute Gasteiger partial charge is 0.313 e. The number of aromatic nitrogens is 5. The number of rotatable bonds is 7. The monoisotopic (exact) mass is 359 g/mol. The van der Waals surface area contributed by atoms with Gasteiger partial charge in [0.25, 0.3) is 0 Å². The SMILES string of the molecule is CCn1ccc(-c2nnc(SCC(=O)O)n2-c2ccccc2OC)n1. The number of benzene rings is 1. The molecule has 9 heteroatoms. The zero-order valence-electron chi connectivity index (χ0n) is 13.8. The molecule has 0 unspecified atom stereocenters. The van der Waals surface area contributed by atoms with Gasteiger partial charge in [-0.1, -0.05) is 23.9 Å². The van der Waals surface area contributed by atoms with E-state index < -0.39 is 5.97 Å². The van der Waals surface area contributed by atoms with Gasteiger partial charge in [-0.3, -0.25) is 14.0 Å². The first kappa shape index (κ1) is 17.0. The molecule has 0 amide bonds. The maximum Gasteiger partial charge on any atom is 0.313 e. The second-order valence-corrected chi connectivity index (χ2v) is 6.00. The number of carboxylic acids is 1. The van der Waals surface area contributed by atoms with Crippen molar-refractivity contribution < 1.29 is 14.6 Å². The Labute approximate surface area is 148 Å². The minimum absolute atomic E-state index is 0.114. The van der Waals surface area contributed by atoms with Gasteiger partial charge in [-0.15, -0.1) is 10.2 Å². The molecule has 8 nitrogen and oxygen atoms in total. The fraction of sp³-hybridized carbons (Fsp3) is 0.250. The van der Waals surface area contributed by atoms with Crippen molar-refractivity contribution in [2.45, 2.75) is 18.6 Å². The zero-order chi connectivity index (χ0) is 17.8. The molecular formula is C16H17N5O3S. The van der Waals surface area contributed by atoms with Crippen LogP contribution in [0.15, 0.2) is 41.7 Å². The largest absolute Gasteiger partial charge is 0.495 e. The number of aryl methyl sites for hydroxylation is 1. The summed E-state index contributed by atoms with van der Waals surface area (Å²) in [5.74, 6) is 0.132. The topological polar surface area (TPSA) is 95.1 Å². The van der Waals surface area contributed by atoms with Gasteiger partial charge in [0.1, 0.15) is 11.4 Å². The third-order valence-corrected chi connectivity index (χ3v) is 4.39. The van der Waals surface area contributed by atoms with Crippen molar-refractivity contribution in [2.75, 3.05) is 12.9 Å². The lowest BCUT2D eigenvalue weighted by molar-refractivity contribution is -0.133. The van der Waals surface area contributed by atoms with Gasteiger partial charge < -0.3 is 9.84 Å². The molecule has 0 spiro atoms. The second-order valence-electron chi connectivity index (χ2n) is 5.05. The Hall–Kier alpha value is -2.81. The second kappa shape index (κ2) is 7.39. The summed E-state index contributed by atoms with van der Waals surface area (Å²) in [6.45, 7) is 2.74. The van der Waals surface area contributed by atoms with E-state index in [9.17, 15) is 4.79 Å². The van der Waals surface area contributed by atoms with Gasteiger partial charge in [-0.2, -0.15) is 5.10 Å². The molecule has 25 heavy (non-hydrogen) atoms. The number of ether oxygens (including phenoxy) is 1.